The Morgan fingerprint density at radius 2 is 1.62 bits per heavy atom. The molecule has 0 saturated carbocycles. The zero-order chi connectivity index (χ0) is 19.3. The fourth-order valence-electron chi connectivity index (χ4n) is 1.16. The number of alkyl halides is 4. The van der Waals surface area contributed by atoms with Crippen LogP contribution in [-0.4, -0.2) is 27.9 Å². The lowest BCUT2D eigenvalue weighted by atomic mass is 10.1. The van der Waals surface area contributed by atoms with Crippen LogP contribution in [0.4, 0.5) is 13.2 Å². The number of Topliss-reactive ketones (excluding diaryl/α,β-unsaturated/α-hetero) is 1. The van der Waals surface area contributed by atoms with Crippen LogP contribution in [0.3, 0.4) is 0 Å². The van der Waals surface area contributed by atoms with Crippen LogP contribution in [-0.2, 0) is 25.9 Å². The Hall–Kier alpha value is -1.90. The average Bonchev–Trinajstić information content (AvgIpc) is 2.54. The maximum atomic E-state index is 12.1. The second-order valence-electron chi connectivity index (χ2n) is 3.95. The summed E-state index contributed by atoms with van der Waals surface area (Å²) >= 11 is 3.09. The number of carboxylic acid groups (broad SMARTS) is 2. The van der Waals surface area contributed by atoms with E-state index in [0.717, 1.165) is 12.1 Å². The summed E-state index contributed by atoms with van der Waals surface area (Å²) in [6, 6.07) is 5.24. The van der Waals surface area contributed by atoms with Crippen LogP contribution in [0.15, 0.2) is 24.3 Å². The van der Waals surface area contributed by atoms with Gasteiger partial charge in [0.1, 0.15) is 0 Å². The largest absolute Gasteiger partial charge is 0.481 e. The minimum Gasteiger partial charge on any atom is -0.481 e. The fraction of sp³-hybridized carbons (Fsp3) is 0.400. The highest BCUT2D eigenvalue weighted by Gasteiger charge is 2.30. The van der Waals surface area contributed by atoms with E-state index in [-0.39, 0.29) is 0 Å². The number of aliphatic carboxylic acids is 2. The molecule has 0 atom stereocenters. The predicted octanol–water partition coefficient (Wildman–Crippen LogP) is 4.13. The van der Waals surface area contributed by atoms with Gasteiger partial charge in [-0.25, -0.2) is 4.79 Å². The Morgan fingerprint density at radius 3 is 2.00 bits per heavy atom. The second-order valence-corrected chi connectivity index (χ2v) is 4.51. The Kier molecular flexibility index (Phi) is 12.7. The Morgan fingerprint density at radius 1 is 1.08 bits per heavy atom. The smallest absolute Gasteiger partial charge is 0.416 e. The highest BCUT2D eigenvalue weighted by atomic mass is 79.9. The number of benzene rings is 1. The normalized spacial score (nSPS) is 9.75. The third-order valence-corrected chi connectivity index (χ3v) is 2.86. The van der Waals surface area contributed by atoms with E-state index in [2.05, 4.69) is 15.9 Å². The number of rotatable bonds is 5. The summed E-state index contributed by atoms with van der Waals surface area (Å²) in [5, 5.41) is 16.4. The van der Waals surface area contributed by atoms with Gasteiger partial charge in [0.2, 0.25) is 5.78 Å². The average molecular weight is 415 g/mol. The summed E-state index contributed by atoms with van der Waals surface area (Å²) in [5.41, 5.74) is 0.0317. The molecule has 0 aliphatic rings. The molecule has 0 radical (unpaired) electrons. The first-order valence-corrected chi connectivity index (χ1v) is 7.90. The number of hydrogen-bond donors (Lipinski definition) is 2. The van der Waals surface area contributed by atoms with E-state index in [9.17, 15) is 27.6 Å². The molecule has 24 heavy (non-hydrogen) atoms. The molecule has 2 N–H and O–H groups in total. The third kappa shape index (κ3) is 11.6. The van der Waals surface area contributed by atoms with Crippen molar-refractivity contribution in [3.8, 4) is 0 Å². The van der Waals surface area contributed by atoms with Gasteiger partial charge in [-0.15, -0.1) is 0 Å². The summed E-state index contributed by atoms with van der Waals surface area (Å²) in [7, 11) is 0. The van der Waals surface area contributed by atoms with E-state index in [1.54, 1.807) is 6.07 Å². The molecule has 0 aliphatic heterocycles. The van der Waals surface area contributed by atoms with Gasteiger partial charge in [0.25, 0.3) is 0 Å². The van der Waals surface area contributed by atoms with Crippen molar-refractivity contribution in [1.29, 1.82) is 0 Å². The SMILES string of the molecule is CC.FC(F)(F)c1cccc(CBr)c1.O=C(O)CCC(=O)C(=O)O. The lowest BCUT2D eigenvalue weighted by Crippen LogP contribution is -2.13. The zero-order valence-electron chi connectivity index (χ0n) is 13.1. The van der Waals surface area contributed by atoms with Gasteiger partial charge in [-0.2, -0.15) is 13.2 Å². The second kappa shape index (κ2) is 12.5. The van der Waals surface area contributed by atoms with Gasteiger partial charge in [-0.05, 0) is 11.6 Å². The molecule has 0 heterocycles. The van der Waals surface area contributed by atoms with Crippen molar-refractivity contribution in [2.24, 2.45) is 0 Å². The summed E-state index contributed by atoms with van der Waals surface area (Å²) in [4.78, 5) is 29.7. The van der Waals surface area contributed by atoms with Crippen molar-refractivity contribution in [3.05, 3.63) is 35.4 Å². The lowest BCUT2D eigenvalue weighted by Gasteiger charge is -2.06. The summed E-state index contributed by atoms with van der Waals surface area (Å²) in [5.74, 6) is -3.82. The van der Waals surface area contributed by atoms with Crippen LogP contribution in [0.2, 0.25) is 0 Å². The number of carboxylic acids is 2. The van der Waals surface area contributed by atoms with Crippen molar-refractivity contribution in [3.63, 3.8) is 0 Å². The maximum Gasteiger partial charge on any atom is 0.416 e. The number of carbonyl (C=O) groups is 3. The van der Waals surface area contributed by atoms with E-state index in [1.807, 2.05) is 13.8 Å². The number of hydrogen-bond acceptors (Lipinski definition) is 3. The topological polar surface area (TPSA) is 91.7 Å². The summed E-state index contributed by atoms with van der Waals surface area (Å²) in [6.07, 6.45) is -5.10. The number of carbonyl (C=O) groups excluding carboxylic acids is 1. The highest BCUT2D eigenvalue weighted by molar-refractivity contribution is 9.08. The van der Waals surface area contributed by atoms with Crippen LogP contribution in [0.5, 0.6) is 0 Å². The molecule has 9 heteroatoms. The molecule has 0 amide bonds. The Balaban J connectivity index is 0. The van der Waals surface area contributed by atoms with Gasteiger partial charge in [-0.3, -0.25) is 9.59 Å². The lowest BCUT2D eigenvalue weighted by molar-refractivity contribution is -0.149. The standard InChI is InChI=1S/C8H6BrF3.C5H6O5.C2H6/c9-5-6-2-1-3-7(4-6)8(10,11)12;6-3(5(9)10)1-2-4(7)8;1-2/h1-4H,5H2;1-2H2,(H,7,8)(H,9,10);1-2H3. The fourth-order valence-corrected chi connectivity index (χ4v) is 1.51. The Bertz CT molecular complexity index is 544. The van der Waals surface area contributed by atoms with E-state index in [4.69, 9.17) is 10.2 Å². The first kappa shape index (κ1) is 24.4. The predicted molar refractivity (Wildman–Crippen MR) is 84.9 cm³/mol. The molecule has 0 fully saturated rings. The molecule has 1 aromatic rings. The molecule has 1 aromatic carbocycles. The van der Waals surface area contributed by atoms with E-state index in [0.29, 0.717) is 10.9 Å². The number of halogens is 4. The molecule has 0 aromatic heterocycles. The molecule has 0 aliphatic carbocycles. The molecule has 0 bridgehead atoms. The van der Waals surface area contributed by atoms with Crippen LogP contribution in [0, 0.1) is 0 Å². The van der Waals surface area contributed by atoms with Crippen molar-refractivity contribution < 1.29 is 37.8 Å². The third-order valence-electron chi connectivity index (χ3n) is 2.21. The highest BCUT2D eigenvalue weighted by Crippen LogP contribution is 2.29. The van der Waals surface area contributed by atoms with Gasteiger partial charge in [-0.1, -0.05) is 48.0 Å². The Labute approximate surface area is 145 Å². The molecular formula is C15H18BrF3O5. The van der Waals surface area contributed by atoms with Crippen molar-refractivity contribution in [2.45, 2.75) is 38.2 Å². The first-order chi connectivity index (χ1) is 11.1. The van der Waals surface area contributed by atoms with Crippen LogP contribution in [0.1, 0.15) is 37.8 Å². The van der Waals surface area contributed by atoms with Crippen LogP contribution >= 0.6 is 15.9 Å². The molecule has 0 spiro atoms. The van der Waals surface area contributed by atoms with Gasteiger partial charge in [0.05, 0.1) is 12.0 Å². The van der Waals surface area contributed by atoms with Crippen molar-refractivity contribution in [2.75, 3.05) is 0 Å². The van der Waals surface area contributed by atoms with Gasteiger partial charge < -0.3 is 10.2 Å². The van der Waals surface area contributed by atoms with E-state index >= 15 is 0 Å². The number of ketones is 1. The van der Waals surface area contributed by atoms with E-state index in [1.165, 1.54) is 6.07 Å². The summed E-state index contributed by atoms with van der Waals surface area (Å²) < 4.78 is 36.3. The maximum absolute atomic E-state index is 12.1. The summed E-state index contributed by atoms with van der Waals surface area (Å²) in [6.45, 7) is 4.00. The molecule has 0 saturated heterocycles. The van der Waals surface area contributed by atoms with E-state index < -0.39 is 42.3 Å². The quantitative estimate of drug-likeness (QED) is 0.558. The minimum atomic E-state index is -4.24. The van der Waals surface area contributed by atoms with Crippen LogP contribution in [0.25, 0.3) is 0 Å². The van der Waals surface area contributed by atoms with Gasteiger partial charge in [0, 0.05) is 11.8 Å². The molecule has 136 valence electrons. The van der Waals surface area contributed by atoms with Gasteiger partial charge in [0.15, 0.2) is 0 Å². The van der Waals surface area contributed by atoms with Crippen molar-refractivity contribution >= 4 is 33.7 Å². The first-order valence-electron chi connectivity index (χ1n) is 6.78. The van der Waals surface area contributed by atoms with Gasteiger partial charge >= 0.3 is 18.1 Å². The zero-order valence-corrected chi connectivity index (χ0v) is 14.6. The molecule has 0 unspecified atom stereocenters. The van der Waals surface area contributed by atoms with Crippen LogP contribution < -0.4 is 0 Å². The molecular weight excluding hydrogens is 397 g/mol. The molecule has 1 rings (SSSR count). The monoisotopic (exact) mass is 414 g/mol. The minimum absolute atomic E-state index is 0.425. The molecule has 5 nitrogen and oxygen atoms in total. The van der Waals surface area contributed by atoms with Crippen molar-refractivity contribution in [1.82, 2.24) is 0 Å².